The predicted octanol–water partition coefficient (Wildman–Crippen LogP) is 2.01. The second kappa shape index (κ2) is 5.03. The van der Waals surface area contributed by atoms with E-state index in [1.807, 2.05) is 29.1 Å². The smallest absolute Gasteiger partial charge is 0.407 e. The third-order valence-electron chi connectivity index (χ3n) is 3.98. The first-order valence-corrected chi connectivity index (χ1v) is 6.82. The molecule has 1 amide bonds. The maximum atomic E-state index is 10.9. The second-order valence-corrected chi connectivity index (χ2v) is 5.36. The number of hydrogen-bond donors (Lipinski definition) is 2. The van der Waals surface area contributed by atoms with E-state index in [-0.39, 0.29) is 0 Å². The highest BCUT2D eigenvalue weighted by atomic mass is 16.4. The summed E-state index contributed by atoms with van der Waals surface area (Å²) in [6.07, 6.45) is 2.80. The molecule has 2 aromatic rings. The minimum Gasteiger partial charge on any atom is -0.465 e. The lowest BCUT2D eigenvalue weighted by Gasteiger charge is -2.29. The summed E-state index contributed by atoms with van der Waals surface area (Å²) in [4.78, 5) is 12.4. The molecule has 2 heterocycles. The summed E-state index contributed by atoms with van der Waals surface area (Å²) in [6.45, 7) is 2.07. The van der Waals surface area contributed by atoms with Gasteiger partial charge in [0.05, 0.1) is 11.7 Å². The summed E-state index contributed by atoms with van der Waals surface area (Å²) in [5.41, 5.74) is 7.59. The van der Waals surface area contributed by atoms with Crippen molar-refractivity contribution in [1.29, 1.82) is 0 Å². The standard InChI is InChI=1S/C14H18N4O2/c15-12-1-2-13-11(7-12)8-16-18(13)9-10-3-5-17(6-4-10)14(19)20/h1-2,7-8,10H,3-6,9,15H2,(H,19,20). The lowest BCUT2D eigenvalue weighted by Crippen LogP contribution is -2.38. The highest BCUT2D eigenvalue weighted by Gasteiger charge is 2.23. The van der Waals surface area contributed by atoms with Crippen molar-refractivity contribution in [2.24, 2.45) is 5.92 Å². The lowest BCUT2D eigenvalue weighted by molar-refractivity contribution is 0.121. The van der Waals surface area contributed by atoms with Crippen LogP contribution in [0.25, 0.3) is 10.9 Å². The Bertz CT molecular complexity index is 629. The van der Waals surface area contributed by atoms with Crippen LogP contribution in [0.3, 0.4) is 0 Å². The Kier molecular flexibility index (Phi) is 3.22. The topological polar surface area (TPSA) is 84.4 Å². The number of anilines is 1. The van der Waals surface area contributed by atoms with Crippen molar-refractivity contribution in [3.05, 3.63) is 24.4 Å². The van der Waals surface area contributed by atoms with Crippen molar-refractivity contribution in [2.45, 2.75) is 19.4 Å². The SMILES string of the molecule is Nc1ccc2c(cnn2CC2CCN(C(=O)O)CC2)c1. The summed E-state index contributed by atoms with van der Waals surface area (Å²) < 4.78 is 2.00. The van der Waals surface area contributed by atoms with Gasteiger partial charge in [-0.15, -0.1) is 0 Å². The van der Waals surface area contributed by atoms with Gasteiger partial charge in [0.2, 0.25) is 0 Å². The van der Waals surface area contributed by atoms with Crippen LogP contribution in [0.2, 0.25) is 0 Å². The molecule has 0 saturated carbocycles. The fourth-order valence-corrected chi connectivity index (χ4v) is 2.80. The van der Waals surface area contributed by atoms with E-state index in [9.17, 15) is 4.79 Å². The second-order valence-electron chi connectivity index (χ2n) is 5.36. The largest absolute Gasteiger partial charge is 0.465 e. The number of aromatic nitrogens is 2. The van der Waals surface area contributed by atoms with Crippen molar-refractivity contribution in [2.75, 3.05) is 18.8 Å². The zero-order chi connectivity index (χ0) is 14.1. The Morgan fingerprint density at radius 1 is 1.40 bits per heavy atom. The Hall–Kier alpha value is -2.24. The van der Waals surface area contributed by atoms with Gasteiger partial charge in [0.15, 0.2) is 0 Å². The van der Waals surface area contributed by atoms with Crippen molar-refractivity contribution >= 4 is 22.7 Å². The normalized spacial score (nSPS) is 16.7. The van der Waals surface area contributed by atoms with Gasteiger partial charge in [-0.1, -0.05) is 0 Å². The molecule has 6 heteroatoms. The summed E-state index contributed by atoms with van der Waals surface area (Å²) in [6, 6.07) is 5.80. The number of hydrogen-bond acceptors (Lipinski definition) is 3. The predicted molar refractivity (Wildman–Crippen MR) is 76.5 cm³/mol. The van der Waals surface area contributed by atoms with E-state index in [1.165, 1.54) is 4.90 Å². The number of rotatable bonds is 2. The quantitative estimate of drug-likeness (QED) is 0.820. The van der Waals surface area contributed by atoms with Gasteiger partial charge in [-0.2, -0.15) is 5.10 Å². The molecule has 0 aliphatic carbocycles. The number of amides is 1. The van der Waals surface area contributed by atoms with Gasteiger partial charge >= 0.3 is 6.09 Å². The number of carboxylic acid groups (broad SMARTS) is 1. The molecule has 3 rings (SSSR count). The fourth-order valence-electron chi connectivity index (χ4n) is 2.80. The third kappa shape index (κ3) is 2.41. The van der Waals surface area contributed by atoms with Gasteiger partial charge in [0.25, 0.3) is 0 Å². The Labute approximate surface area is 116 Å². The zero-order valence-electron chi connectivity index (χ0n) is 11.2. The van der Waals surface area contributed by atoms with E-state index in [1.54, 1.807) is 0 Å². The lowest BCUT2D eigenvalue weighted by atomic mass is 9.97. The van der Waals surface area contributed by atoms with Crippen LogP contribution in [0.15, 0.2) is 24.4 Å². The molecule has 3 N–H and O–H groups in total. The van der Waals surface area contributed by atoms with Crippen LogP contribution in [0.5, 0.6) is 0 Å². The number of benzene rings is 1. The van der Waals surface area contributed by atoms with Crippen molar-refractivity contribution in [3.63, 3.8) is 0 Å². The summed E-state index contributed by atoms with van der Waals surface area (Å²) >= 11 is 0. The molecule has 0 bridgehead atoms. The maximum Gasteiger partial charge on any atom is 0.407 e. The van der Waals surface area contributed by atoms with Crippen LogP contribution in [-0.4, -0.2) is 39.0 Å². The van der Waals surface area contributed by atoms with Gasteiger partial charge < -0.3 is 15.7 Å². The van der Waals surface area contributed by atoms with Gasteiger partial charge in [0.1, 0.15) is 0 Å². The highest BCUT2D eigenvalue weighted by molar-refractivity contribution is 5.81. The van der Waals surface area contributed by atoms with Gasteiger partial charge in [-0.05, 0) is 37.0 Å². The summed E-state index contributed by atoms with van der Waals surface area (Å²) in [5, 5.41) is 14.4. The molecule has 1 aliphatic heterocycles. The molecule has 0 unspecified atom stereocenters. The first-order chi connectivity index (χ1) is 9.63. The van der Waals surface area contributed by atoms with Gasteiger partial charge in [-0.3, -0.25) is 4.68 Å². The van der Waals surface area contributed by atoms with Crippen LogP contribution >= 0.6 is 0 Å². The van der Waals surface area contributed by atoms with Crippen LogP contribution in [-0.2, 0) is 6.54 Å². The first kappa shape index (κ1) is 12.8. The number of likely N-dealkylation sites (tertiary alicyclic amines) is 1. The summed E-state index contributed by atoms with van der Waals surface area (Å²) in [5.74, 6) is 0.478. The van der Waals surface area contributed by atoms with E-state index >= 15 is 0 Å². The number of piperidine rings is 1. The number of fused-ring (bicyclic) bond motifs is 1. The van der Waals surface area contributed by atoms with Gasteiger partial charge in [-0.25, -0.2) is 4.79 Å². The maximum absolute atomic E-state index is 10.9. The van der Waals surface area contributed by atoms with E-state index in [2.05, 4.69) is 5.10 Å². The first-order valence-electron chi connectivity index (χ1n) is 6.82. The van der Waals surface area contributed by atoms with Crippen LogP contribution < -0.4 is 5.73 Å². The number of nitrogens with two attached hydrogens (primary N) is 1. The molecule has 0 atom stereocenters. The van der Waals surface area contributed by atoms with Crippen LogP contribution in [0.1, 0.15) is 12.8 Å². The monoisotopic (exact) mass is 274 g/mol. The molecule has 0 radical (unpaired) electrons. The molecule has 20 heavy (non-hydrogen) atoms. The van der Waals surface area contributed by atoms with E-state index in [0.29, 0.717) is 19.0 Å². The Morgan fingerprint density at radius 3 is 2.85 bits per heavy atom. The fraction of sp³-hybridized carbons (Fsp3) is 0.429. The van der Waals surface area contributed by atoms with Crippen LogP contribution in [0, 0.1) is 5.92 Å². The number of carbonyl (C=O) groups is 1. The van der Waals surface area contributed by atoms with Crippen molar-refractivity contribution < 1.29 is 9.90 Å². The van der Waals surface area contributed by atoms with E-state index < -0.39 is 6.09 Å². The van der Waals surface area contributed by atoms with Crippen LogP contribution in [0.4, 0.5) is 10.5 Å². The molecule has 0 spiro atoms. The molecule has 1 saturated heterocycles. The van der Waals surface area contributed by atoms with E-state index in [4.69, 9.17) is 10.8 Å². The molecular weight excluding hydrogens is 256 g/mol. The molecule has 6 nitrogen and oxygen atoms in total. The van der Waals surface area contributed by atoms with Crippen molar-refractivity contribution in [1.82, 2.24) is 14.7 Å². The van der Waals surface area contributed by atoms with E-state index in [0.717, 1.165) is 36.0 Å². The average molecular weight is 274 g/mol. The molecule has 1 fully saturated rings. The minimum atomic E-state index is -0.816. The minimum absolute atomic E-state index is 0.478. The zero-order valence-corrected chi connectivity index (χ0v) is 11.2. The highest BCUT2D eigenvalue weighted by Crippen LogP contribution is 2.22. The molecular formula is C14H18N4O2. The molecule has 1 aromatic carbocycles. The average Bonchev–Trinajstić information content (AvgIpc) is 2.81. The Balaban J connectivity index is 1.70. The van der Waals surface area contributed by atoms with Crippen molar-refractivity contribution in [3.8, 4) is 0 Å². The summed E-state index contributed by atoms with van der Waals surface area (Å²) in [7, 11) is 0. The third-order valence-corrected chi connectivity index (χ3v) is 3.98. The Morgan fingerprint density at radius 2 is 2.15 bits per heavy atom. The molecule has 1 aromatic heterocycles. The molecule has 106 valence electrons. The van der Waals surface area contributed by atoms with Gasteiger partial charge in [0, 0.05) is 30.7 Å². The number of nitrogen functional groups attached to an aromatic ring is 1. The molecule has 1 aliphatic rings. The number of nitrogens with zero attached hydrogens (tertiary/aromatic N) is 3.